The van der Waals surface area contributed by atoms with E-state index in [4.69, 9.17) is 16.3 Å². The lowest BCUT2D eigenvalue weighted by Crippen LogP contribution is -2.30. The quantitative estimate of drug-likeness (QED) is 0.449. The lowest BCUT2D eigenvalue weighted by atomic mass is 9.98. The van der Waals surface area contributed by atoms with Gasteiger partial charge in [0, 0.05) is 46.4 Å². The molecule has 0 aromatic heterocycles. The van der Waals surface area contributed by atoms with Crippen molar-refractivity contribution in [3.8, 4) is 5.75 Å². The number of nitrogens with zero attached hydrogens (tertiary/aromatic N) is 1. The molecule has 3 aromatic rings. The van der Waals surface area contributed by atoms with Crippen molar-refractivity contribution in [3.05, 3.63) is 87.9 Å². The summed E-state index contributed by atoms with van der Waals surface area (Å²) in [5.74, 6) is 0.639. The average molecular weight is 498 g/mol. The normalized spacial score (nSPS) is 13.8. The van der Waals surface area contributed by atoms with Crippen LogP contribution in [-0.4, -0.2) is 27.8 Å². The van der Waals surface area contributed by atoms with Gasteiger partial charge in [0.25, 0.3) is 5.91 Å². The second kappa shape index (κ2) is 11.0. The number of carbonyl (C=O) groups excluding carboxylic acids is 1. The molecule has 1 N–H and O–H groups in total. The first-order valence-electron chi connectivity index (χ1n) is 11.2. The Bertz CT molecular complexity index is 1200. The van der Waals surface area contributed by atoms with Crippen LogP contribution < -0.4 is 15.0 Å². The highest BCUT2D eigenvalue weighted by molar-refractivity contribution is 7.79. The highest BCUT2D eigenvalue weighted by Gasteiger charge is 2.20. The molecule has 178 valence electrons. The Morgan fingerprint density at radius 1 is 1.15 bits per heavy atom. The van der Waals surface area contributed by atoms with Gasteiger partial charge < -0.3 is 19.5 Å². The fourth-order valence-corrected chi connectivity index (χ4v) is 4.66. The van der Waals surface area contributed by atoms with Gasteiger partial charge in [0.2, 0.25) is 0 Å². The van der Waals surface area contributed by atoms with E-state index >= 15 is 0 Å². The molecule has 1 atom stereocenters. The zero-order chi connectivity index (χ0) is 24.1. The van der Waals surface area contributed by atoms with Crippen LogP contribution in [0.25, 0.3) is 0 Å². The molecular formula is C26H26ClN2O4S-. The van der Waals surface area contributed by atoms with E-state index in [0.29, 0.717) is 30.3 Å². The van der Waals surface area contributed by atoms with Crippen molar-refractivity contribution in [2.75, 3.05) is 18.1 Å². The van der Waals surface area contributed by atoms with Gasteiger partial charge in [-0.2, -0.15) is 0 Å². The summed E-state index contributed by atoms with van der Waals surface area (Å²) in [6.45, 7) is 4.48. The molecule has 0 saturated heterocycles. The molecule has 34 heavy (non-hydrogen) atoms. The molecule has 0 bridgehead atoms. The van der Waals surface area contributed by atoms with Crippen LogP contribution >= 0.6 is 11.6 Å². The average Bonchev–Trinajstić information content (AvgIpc) is 2.84. The number of hydrogen-bond donors (Lipinski definition) is 1. The molecule has 0 saturated carbocycles. The molecular weight excluding hydrogens is 472 g/mol. The minimum atomic E-state index is -2.26. The first kappa shape index (κ1) is 24.3. The highest BCUT2D eigenvalue weighted by Crippen LogP contribution is 2.32. The third-order valence-electron chi connectivity index (χ3n) is 5.82. The molecule has 0 spiro atoms. The highest BCUT2D eigenvalue weighted by atomic mass is 35.5. The predicted molar refractivity (Wildman–Crippen MR) is 133 cm³/mol. The monoisotopic (exact) mass is 497 g/mol. The number of rotatable bonds is 8. The first-order valence-corrected chi connectivity index (χ1v) is 12.7. The van der Waals surface area contributed by atoms with Gasteiger partial charge in [-0.3, -0.25) is 9.00 Å². The number of carbonyl (C=O) groups is 1. The lowest BCUT2D eigenvalue weighted by Gasteiger charge is -2.32. The number of ether oxygens (including phenoxy) is 1. The Labute approximate surface area is 207 Å². The van der Waals surface area contributed by atoms with Crippen molar-refractivity contribution in [2.45, 2.75) is 37.8 Å². The number of benzene rings is 3. The number of aryl methyl sites for hydroxylation is 1. The van der Waals surface area contributed by atoms with E-state index in [1.807, 2.05) is 43.3 Å². The van der Waals surface area contributed by atoms with Crippen LogP contribution in [0.15, 0.2) is 65.6 Å². The second-order valence-electron chi connectivity index (χ2n) is 8.11. The topological polar surface area (TPSA) is 81.7 Å². The fourth-order valence-electron chi connectivity index (χ4n) is 4.14. The minimum Gasteiger partial charge on any atom is -0.768 e. The van der Waals surface area contributed by atoms with Crippen LogP contribution in [0.3, 0.4) is 0 Å². The number of amides is 1. The van der Waals surface area contributed by atoms with E-state index in [2.05, 4.69) is 10.2 Å². The third-order valence-corrected chi connectivity index (χ3v) is 6.71. The van der Waals surface area contributed by atoms with Crippen LogP contribution in [0.2, 0.25) is 5.02 Å². The Morgan fingerprint density at radius 2 is 1.94 bits per heavy atom. The van der Waals surface area contributed by atoms with E-state index in [-0.39, 0.29) is 10.8 Å². The molecule has 1 unspecified atom stereocenters. The molecule has 4 rings (SSSR count). The maximum atomic E-state index is 12.7. The SMILES string of the molecule is CCOc1cc(Cl)ccc1CN1CCCc2cc(C(=O)NCc3ccc(S(=O)[O-])cc3)ccc21. The van der Waals surface area contributed by atoms with Crippen molar-refractivity contribution in [3.63, 3.8) is 0 Å². The Hall–Kier alpha value is -2.87. The van der Waals surface area contributed by atoms with Crippen molar-refractivity contribution < 1.29 is 18.3 Å². The summed E-state index contributed by atoms with van der Waals surface area (Å²) in [6.07, 6.45) is 1.92. The van der Waals surface area contributed by atoms with Crippen molar-refractivity contribution in [1.29, 1.82) is 0 Å². The smallest absolute Gasteiger partial charge is 0.251 e. The zero-order valence-corrected chi connectivity index (χ0v) is 20.5. The molecule has 6 nitrogen and oxygen atoms in total. The van der Waals surface area contributed by atoms with Crippen LogP contribution in [-0.2, 0) is 30.6 Å². The van der Waals surface area contributed by atoms with Gasteiger partial charge in [0.15, 0.2) is 0 Å². The molecule has 1 heterocycles. The van der Waals surface area contributed by atoms with Crippen molar-refractivity contribution >= 4 is 34.3 Å². The van der Waals surface area contributed by atoms with Gasteiger partial charge >= 0.3 is 0 Å². The molecule has 0 aliphatic carbocycles. The number of hydrogen-bond acceptors (Lipinski definition) is 5. The Morgan fingerprint density at radius 3 is 2.68 bits per heavy atom. The number of anilines is 1. The van der Waals surface area contributed by atoms with Crippen LogP contribution in [0.5, 0.6) is 5.75 Å². The molecule has 0 radical (unpaired) electrons. The van der Waals surface area contributed by atoms with E-state index in [9.17, 15) is 13.6 Å². The number of fused-ring (bicyclic) bond motifs is 1. The van der Waals surface area contributed by atoms with E-state index in [0.717, 1.165) is 47.5 Å². The standard InChI is InChI=1S/C26H27ClN2O4S/c1-2-33-25-15-22(27)9-7-21(25)17-29-13-3-4-19-14-20(8-12-24(19)29)26(30)28-16-18-5-10-23(11-6-18)34(31)32/h5-12,14-15H,2-4,13,16-17H2,1H3,(H,28,30)(H,31,32)/p-1. The van der Waals surface area contributed by atoms with Gasteiger partial charge in [0.1, 0.15) is 5.75 Å². The number of nitrogens with one attached hydrogen (secondary N) is 1. The van der Waals surface area contributed by atoms with Gasteiger partial charge in [-0.05, 0) is 84.4 Å². The van der Waals surface area contributed by atoms with Gasteiger partial charge in [-0.25, -0.2) is 0 Å². The third kappa shape index (κ3) is 5.78. The molecule has 0 fully saturated rings. The molecule has 8 heteroatoms. The Balaban J connectivity index is 1.45. The van der Waals surface area contributed by atoms with Gasteiger partial charge in [0.05, 0.1) is 6.61 Å². The summed E-state index contributed by atoms with van der Waals surface area (Å²) in [5, 5.41) is 3.56. The molecule has 1 aliphatic heterocycles. The summed E-state index contributed by atoms with van der Waals surface area (Å²) in [5.41, 5.74) is 4.79. The maximum Gasteiger partial charge on any atom is 0.251 e. The molecule has 1 amide bonds. The maximum absolute atomic E-state index is 12.7. The van der Waals surface area contributed by atoms with Crippen LogP contribution in [0, 0.1) is 0 Å². The second-order valence-corrected chi connectivity index (χ2v) is 9.49. The summed E-state index contributed by atoms with van der Waals surface area (Å²) in [4.78, 5) is 15.3. The van der Waals surface area contributed by atoms with Crippen molar-refractivity contribution in [1.82, 2.24) is 5.32 Å². The molecule has 1 aliphatic rings. The van der Waals surface area contributed by atoms with Crippen LogP contribution in [0.1, 0.15) is 40.4 Å². The van der Waals surface area contributed by atoms with Gasteiger partial charge in [-0.1, -0.05) is 29.8 Å². The summed E-state index contributed by atoms with van der Waals surface area (Å²) in [7, 11) is 0. The summed E-state index contributed by atoms with van der Waals surface area (Å²) in [6, 6.07) is 18.0. The molecule has 3 aromatic carbocycles. The minimum absolute atomic E-state index is 0.160. The number of halogens is 1. The lowest BCUT2D eigenvalue weighted by molar-refractivity contribution is 0.0950. The largest absolute Gasteiger partial charge is 0.768 e. The summed E-state index contributed by atoms with van der Waals surface area (Å²) < 4.78 is 27.7. The summed E-state index contributed by atoms with van der Waals surface area (Å²) >= 11 is 3.90. The Kier molecular flexibility index (Phi) is 7.88. The van der Waals surface area contributed by atoms with Gasteiger partial charge in [-0.15, -0.1) is 0 Å². The zero-order valence-electron chi connectivity index (χ0n) is 18.9. The van der Waals surface area contributed by atoms with E-state index in [1.54, 1.807) is 12.1 Å². The van der Waals surface area contributed by atoms with E-state index < -0.39 is 11.1 Å². The van der Waals surface area contributed by atoms with Crippen LogP contribution in [0.4, 0.5) is 5.69 Å². The fraction of sp³-hybridized carbons (Fsp3) is 0.269. The first-order chi connectivity index (χ1) is 16.4. The van der Waals surface area contributed by atoms with E-state index in [1.165, 1.54) is 12.1 Å². The van der Waals surface area contributed by atoms with Crippen molar-refractivity contribution in [2.24, 2.45) is 0 Å². The predicted octanol–water partition coefficient (Wildman–Crippen LogP) is 4.86.